The summed E-state index contributed by atoms with van der Waals surface area (Å²) in [7, 11) is 5.98. The minimum Gasteiger partial charge on any atom is -0.472 e. The molecule has 7 heteroatoms. The van der Waals surface area contributed by atoms with Crippen molar-refractivity contribution in [2.24, 2.45) is 0 Å². The fourth-order valence-electron chi connectivity index (χ4n) is 3.29. The minimum atomic E-state index is 0.248. The van der Waals surface area contributed by atoms with Gasteiger partial charge in [-0.15, -0.1) is 0 Å². The predicted molar refractivity (Wildman–Crippen MR) is 98.0 cm³/mol. The van der Waals surface area contributed by atoms with Crippen LogP contribution in [-0.2, 0) is 11.2 Å². The third kappa shape index (κ3) is 4.70. The molecule has 3 rings (SSSR count). The van der Waals surface area contributed by atoms with Crippen molar-refractivity contribution in [3.63, 3.8) is 0 Å². The van der Waals surface area contributed by atoms with Crippen LogP contribution in [0.25, 0.3) is 0 Å². The van der Waals surface area contributed by atoms with Crippen molar-refractivity contribution in [1.29, 1.82) is 0 Å². The second-order valence-corrected chi connectivity index (χ2v) is 6.73. The van der Waals surface area contributed by atoms with E-state index in [1.54, 1.807) is 26.0 Å². The molecule has 3 heterocycles. The van der Waals surface area contributed by atoms with Gasteiger partial charge in [-0.2, -0.15) is 0 Å². The van der Waals surface area contributed by atoms with Gasteiger partial charge < -0.3 is 24.3 Å². The molecule has 2 aromatic heterocycles. The fourth-order valence-corrected chi connectivity index (χ4v) is 3.29. The quantitative estimate of drug-likeness (QED) is 0.783. The third-order valence-electron chi connectivity index (χ3n) is 4.53. The normalized spacial score (nSPS) is 20.4. The number of likely N-dealkylation sites (N-methyl/N-ethyl adjacent to an activating group) is 1. The molecule has 1 N–H and O–H groups in total. The fraction of sp³-hybridized carbons (Fsp3) is 0.556. The lowest BCUT2D eigenvalue weighted by molar-refractivity contribution is 0.117. The molecule has 1 fully saturated rings. The van der Waals surface area contributed by atoms with E-state index in [1.807, 2.05) is 12.1 Å². The summed E-state index contributed by atoms with van der Waals surface area (Å²) in [6.45, 7) is 2.64. The molecule has 1 saturated heterocycles. The van der Waals surface area contributed by atoms with Crippen LogP contribution in [0, 0.1) is 0 Å². The van der Waals surface area contributed by atoms with Gasteiger partial charge in [0.1, 0.15) is 18.0 Å². The first kappa shape index (κ1) is 17.7. The first-order valence-electron chi connectivity index (χ1n) is 8.67. The van der Waals surface area contributed by atoms with Crippen LogP contribution in [0.5, 0.6) is 0 Å². The maximum Gasteiger partial charge on any atom is 0.134 e. The molecule has 0 aliphatic carbocycles. The number of nitrogens with zero attached hydrogens (tertiary/aromatic N) is 4. The van der Waals surface area contributed by atoms with Crippen molar-refractivity contribution >= 4 is 11.6 Å². The van der Waals surface area contributed by atoms with E-state index in [2.05, 4.69) is 39.2 Å². The van der Waals surface area contributed by atoms with Gasteiger partial charge in [0.2, 0.25) is 0 Å². The number of methoxy groups -OCH3 is 1. The first-order valence-corrected chi connectivity index (χ1v) is 8.67. The number of anilines is 2. The zero-order chi connectivity index (χ0) is 17.6. The van der Waals surface area contributed by atoms with Crippen molar-refractivity contribution < 1.29 is 9.15 Å². The largest absolute Gasteiger partial charge is 0.472 e. The van der Waals surface area contributed by atoms with Crippen LogP contribution < -0.4 is 10.2 Å². The molecule has 7 nitrogen and oxygen atoms in total. The Balaban J connectivity index is 1.64. The molecular formula is C18H27N5O2. The van der Waals surface area contributed by atoms with Gasteiger partial charge in [0.25, 0.3) is 0 Å². The average Bonchev–Trinajstić information content (AvgIpc) is 3.24. The molecular weight excluding hydrogens is 318 g/mol. The van der Waals surface area contributed by atoms with Crippen molar-refractivity contribution in [2.45, 2.75) is 25.0 Å². The van der Waals surface area contributed by atoms with Crippen LogP contribution in [0.2, 0.25) is 0 Å². The van der Waals surface area contributed by atoms with E-state index < -0.39 is 0 Å². The van der Waals surface area contributed by atoms with Gasteiger partial charge in [0.05, 0.1) is 18.6 Å². The van der Waals surface area contributed by atoms with Crippen LogP contribution >= 0.6 is 0 Å². The van der Waals surface area contributed by atoms with E-state index in [1.165, 1.54) is 5.56 Å². The summed E-state index contributed by atoms with van der Waals surface area (Å²) < 4.78 is 10.7. The van der Waals surface area contributed by atoms with Crippen LogP contribution in [0.4, 0.5) is 11.6 Å². The Kier molecular flexibility index (Phi) is 5.88. The predicted octanol–water partition coefficient (Wildman–Crippen LogP) is 1.88. The summed E-state index contributed by atoms with van der Waals surface area (Å²) in [4.78, 5) is 13.4. The number of furan rings is 1. The summed E-state index contributed by atoms with van der Waals surface area (Å²) >= 11 is 0. The molecule has 136 valence electrons. The maximum absolute atomic E-state index is 5.58. The summed E-state index contributed by atoms with van der Waals surface area (Å²) in [6.07, 6.45) is 7.26. The highest BCUT2D eigenvalue weighted by Gasteiger charge is 2.33. The molecule has 2 atom stereocenters. The first-order chi connectivity index (χ1) is 12.2. The van der Waals surface area contributed by atoms with E-state index in [0.717, 1.165) is 44.1 Å². The topological polar surface area (TPSA) is 66.7 Å². The number of hydrogen-bond donors (Lipinski definition) is 1. The van der Waals surface area contributed by atoms with Crippen LogP contribution in [-0.4, -0.2) is 67.9 Å². The Morgan fingerprint density at radius 3 is 3.00 bits per heavy atom. The zero-order valence-corrected chi connectivity index (χ0v) is 15.2. The molecule has 0 unspecified atom stereocenters. The SMILES string of the molecule is CO[C@H]1C[C@@H](CN(C)C)N(c2cc(NCCc3ccoc3)ncn2)C1. The van der Waals surface area contributed by atoms with Crippen molar-refractivity contribution in [3.05, 3.63) is 36.5 Å². The highest BCUT2D eigenvalue weighted by Crippen LogP contribution is 2.26. The Morgan fingerprint density at radius 2 is 2.28 bits per heavy atom. The lowest BCUT2D eigenvalue weighted by Gasteiger charge is -2.27. The van der Waals surface area contributed by atoms with E-state index in [0.29, 0.717) is 6.04 Å². The Morgan fingerprint density at radius 1 is 1.40 bits per heavy atom. The molecule has 1 aliphatic heterocycles. The molecule has 0 bridgehead atoms. The second kappa shape index (κ2) is 8.31. The smallest absolute Gasteiger partial charge is 0.134 e. The van der Waals surface area contributed by atoms with Crippen molar-refractivity contribution in [1.82, 2.24) is 14.9 Å². The molecule has 1 aliphatic rings. The van der Waals surface area contributed by atoms with Gasteiger partial charge in [0, 0.05) is 38.9 Å². The molecule has 0 amide bonds. The molecule has 0 saturated carbocycles. The van der Waals surface area contributed by atoms with Crippen LogP contribution in [0.1, 0.15) is 12.0 Å². The highest BCUT2D eigenvalue weighted by atomic mass is 16.5. The zero-order valence-electron chi connectivity index (χ0n) is 15.2. The second-order valence-electron chi connectivity index (χ2n) is 6.73. The van der Waals surface area contributed by atoms with Crippen molar-refractivity contribution in [3.8, 4) is 0 Å². The standard InChI is InChI=1S/C18H27N5O2/c1-22(2)10-15-8-16(24-3)11-23(15)18-9-17(20-13-21-18)19-6-4-14-5-7-25-12-14/h5,7,9,12-13,15-16H,4,6,8,10-11H2,1-3H3,(H,19,20,21)/t15-,16-/m0/s1. The van der Waals surface area contributed by atoms with E-state index in [-0.39, 0.29) is 6.10 Å². The van der Waals surface area contributed by atoms with E-state index in [9.17, 15) is 0 Å². The third-order valence-corrected chi connectivity index (χ3v) is 4.53. The summed E-state index contributed by atoms with van der Waals surface area (Å²) in [5.74, 6) is 1.80. The summed E-state index contributed by atoms with van der Waals surface area (Å²) in [5.41, 5.74) is 1.18. The lowest BCUT2D eigenvalue weighted by Crippen LogP contribution is -2.38. The number of ether oxygens (including phenoxy) is 1. The Hall–Kier alpha value is -2.12. The highest BCUT2D eigenvalue weighted by molar-refractivity contribution is 5.50. The monoisotopic (exact) mass is 345 g/mol. The molecule has 0 aromatic carbocycles. The number of nitrogens with one attached hydrogen (secondary N) is 1. The van der Waals surface area contributed by atoms with Gasteiger partial charge in [-0.3, -0.25) is 0 Å². The van der Waals surface area contributed by atoms with Gasteiger partial charge in [-0.1, -0.05) is 0 Å². The molecule has 2 aromatic rings. The van der Waals surface area contributed by atoms with Gasteiger partial charge in [0.15, 0.2) is 0 Å². The lowest BCUT2D eigenvalue weighted by atomic mass is 10.2. The molecule has 25 heavy (non-hydrogen) atoms. The average molecular weight is 345 g/mol. The van der Waals surface area contributed by atoms with Crippen molar-refractivity contribution in [2.75, 3.05) is 51.1 Å². The van der Waals surface area contributed by atoms with E-state index >= 15 is 0 Å². The van der Waals surface area contributed by atoms with Gasteiger partial charge >= 0.3 is 0 Å². The minimum absolute atomic E-state index is 0.248. The summed E-state index contributed by atoms with van der Waals surface area (Å²) in [5, 5.41) is 3.37. The maximum atomic E-state index is 5.58. The van der Waals surface area contributed by atoms with E-state index in [4.69, 9.17) is 9.15 Å². The number of rotatable bonds is 8. The van der Waals surface area contributed by atoms with Crippen LogP contribution in [0.3, 0.4) is 0 Å². The van der Waals surface area contributed by atoms with Gasteiger partial charge in [-0.25, -0.2) is 9.97 Å². The molecule has 0 radical (unpaired) electrons. The summed E-state index contributed by atoms with van der Waals surface area (Å²) in [6, 6.07) is 4.40. The Labute approximate surface area is 149 Å². The number of hydrogen-bond acceptors (Lipinski definition) is 7. The Bertz CT molecular complexity index is 647. The number of aromatic nitrogens is 2. The molecule has 0 spiro atoms. The van der Waals surface area contributed by atoms with Gasteiger partial charge in [-0.05, 0) is 38.6 Å². The van der Waals surface area contributed by atoms with Crippen LogP contribution in [0.15, 0.2) is 35.4 Å².